The maximum Gasteiger partial charge on any atom is 0.294 e. The number of quaternary nitrogens is 1. The summed E-state index contributed by atoms with van der Waals surface area (Å²) >= 11 is 0. The van der Waals surface area contributed by atoms with Gasteiger partial charge in [0.2, 0.25) is 11.3 Å². The zero-order valence-electron chi connectivity index (χ0n) is 11.9. The Balaban J connectivity index is 1.77. The lowest BCUT2D eigenvalue weighted by Crippen LogP contribution is -3.19. The molecule has 1 aromatic heterocycles. The average Bonchev–Trinajstić information content (AvgIpc) is 3.04. The summed E-state index contributed by atoms with van der Waals surface area (Å²) < 4.78 is 11.2. The molecule has 0 bridgehead atoms. The normalized spacial score (nSPS) is 36.7. The molecule has 8 heteroatoms. The maximum atomic E-state index is 12.8. The van der Waals surface area contributed by atoms with Gasteiger partial charge in [-0.1, -0.05) is 10.3 Å². The van der Waals surface area contributed by atoms with Crippen LogP contribution in [-0.2, 0) is 16.8 Å². The van der Waals surface area contributed by atoms with E-state index in [1.165, 1.54) is 0 Å². The van der Waals surface area contributed by atoms with E-state index in [0.29, 0.717) is 43.2 Å². The van der Waals surface area contributed by atoms with Crippen molar-refractivity contribution in [3.05, 3.63) is 16.6 Å². The molecule has 3 atom stereocenters. The van der Waals surface area contributed by atoms with E-state index in [2.05, 4.69) is 10.3 Å². The van der Waals surface area contributed by atoms with E-state index in [1.54, 1.807) is 0 Å². The zero-order chi connectivity index (χ0) is 14.6. The van der Waals surface area contributed by atoms with Crippen molar-refractivity contribution in [2.24, 2.45) is 5.92 Å². The molecule has 0 unspecified atom stereocenters. The second-order valence-corrected chi connectivity index (χ2v) is 6.10. The number of hydrogen-bond acceptors (Lipinski definition) is 6. The number of nitrogens with one attached hydrogen (secondary N) is 1. The maximum absolute atomic E-state index is 12.8. The van der Waals surface area contributed by atoms with Gasteiger partial charge in [0.15, 0.2) is 5.69 Å². The van der Waals surface area contributed by atoms with Crippen LogP contribution in [0.25, 0.3) is 0 Å². The number of aryl methyl sites for hydroxylation is 1. The minimum atomic E-state index is -1.34. The Bertz CT molecular complexity index is 595. The lowest BCUT2D eigenvalue weighted by Gasteiger charge is -2.31. The van der Waals surface area contributed by atoms with E-state index in [4.69, 9.17) is 9.37 Å². The molecule has 3 aliphatic rings. The molecule has 1 aliphatic carbocycles. The van der Waals surface area contributed by atoms with E-state index in [-0.39, 0.29) is 12.1 Å². The molecular weight excluding hydrogens is 276 g/mol. The van der Waals surface area contributed by atoms with Gasteiger partial charge in [-0.05, 0) is 6.92 Å². The molecule has 1 aromatic rings. The van der Waals surface area contributed by atoms with Crippen molar-refractivity contribution < 1.29 is 24.1 Å². The number of hydrogen-bond donors (Lipinski definition) is 2. The Kier molecular flexibility index (Phi) is 2.82. The average molecular weight is 295 g/mol. The Morgan fingerprint density at radius 1 is 1.33 bits per heavy atom. The van der Waals surface area contributed by atoms with Crippen LogP contribution in [0.3, 0.4) is 0 Å². The van der Waals surface area contributed by atoms with E-state index in [0.717, 1.165) is 22.7 Å². The van der Waals surface area contributed by atoms with Gasteiger partial charge in [0.25, 0.3) is 6.17 Å². The number of nitrogens with zero attached hydrogens (tertiary/aromatic N) is 3. The van der Waals surface area contributed by atoms with Crippen molar-refractivity contribution in [3.8, 4) is 0 Å². The highest BCUT2D eigenvalue weighted by atomic mass is 16.6. The first kappa shape index (κ1) is 13.2. The number of aliphatic hydroxyl groups is 1. The summed E-state index contributed by atoms with van der Waals surface area (Å²) in [5.41, 5.74) is 0.249. The summed E-state index contributed by atoms with van der Waals surface area (Å²) in [6.07, 6.45) is 0.787. The third-order valence-corrected chi connectivity index (χ3v) is 5.16. The van der Waals surface area contributed by atoms with Crippen molar-refractivity contribution in [3.63, 3.8) is 0 Å². The molecule has 3 heterocycles. The number of ether oxygens (including phenoxy) is 1. The summed E-state index contributed by atoms with van der Waals surface area (Å²) in [7, 11) is 0. The molecule has 0 radical (unpaired) electrons. The Morgan fingerprint density at radius 3 is 2.86 bits per heavy atom. The Morgan fingerprint density at radius 2 is 2.10 bits per heavy atom. The fraction of sp³-hybridized carbons (Fsp3) is 0.769. The molecule has 0 saturated carbocycles. The van der Waals surface area contributed by atoms with Gasteiger partial charge in [-0.2, -0.15) is 4.74 Å². The second kappa shape index (κ2) is 4.49. The minimum absolute atomic E-state index is 0.260. The molecule has 2 N–H and O–H groups in total. The Labute approximate surface area is 121 Å². The molecule has 114 valence electrons. The lowest BCUT2D eigenvalue weighted by atomic mass is 9.76. The lowest BCUT2D eigenvalue weighted by molar-refractivity contribution is -1.01. The topological polar surface area (TPSA) is 98.9 Å². The van der Waals surface area contributed by atoms with Gasteiger partial charge in [0, 0.05) is 12.8 Å². The van der Waals surface area contributed by atoms with Crippen LogP contribution in [0.15, 0.2) is 4.63 Å². The molecule has 2 aliphatic heterocycles. The number of fused-ring (bicyclic) bond motifs is 3. The molecule has 1 fully saturated rings. The highest BCUT2D eigenvalue weighted by Crippen LogP contribution is 2.42. The van der Waals surface area contributed by atoms with Crippen LogP contribution in [0.1, 0.15) is 24.7 Å². The van der Waals surface area contributed by atoms with Gasteiger partial charge in [0.05, 0.1) is 13.2 Å². The zero-order valence-corrected chi connectivity index (χ0v) is 11.9. The fourth-order valence-corrected chi connectivity index (χ4v) is 4.03. The first-order chi connectivity index (χ1) is 10.1. The summed E-state index contributed by atoms with van der Waals surface area (Å²) in [6.45, 7) is 4.77. The summed E-state index contributed by atoms with van der Waals surface area (Å²) in [5, 5.41) is 31.7. The molecule has 0 spiro atoms. The molecule has 8 nitrogen and oxygen atoms in total. The van der Waals surface area contributed by atoms with Crippen LogP contribution < -0.4 is 4.90 Å². The van der Waals surface area contributed by atoms with Gasteiger partial charge in [0.1, 0.15) is 24.7 Å². The van der Waals surface area contributed by atoms with Crippen LogP contribution in [0.4, 0.5) is 0 Å². The number of rotatable bonds is 1. The molecule has 1 saturated heterocycles. The number of hydroxylamine groups is 1. The van der Waals surface area contributed by atoms with Crippen LogP contribution in [0.5, 0.6) is 0 Å². The van der Waals surface area contributed by atoms with Gasteiger partial charge < -0.3 is 15.1 Å². The predicted molar refractivity (Wildman–Crippen MR) is 69.6 cm³/mol. The van der Waals surface area contributed by atoms with Crippen LogP contribution in [-0.4, -0.2) is 58.3 Å². The first-order valence-electron chi connectivity index (χ1n) is 7.43. The monoisotopic (exact) mass is 295 g/mol. The van der Waals surface area contributed by atoms with Crippen molar-refractivity contribution in [2.45, 2.75) is 31.5 Å². The third kappa shape index (κ3) is 1.63. The molecule has 4 rings (SSSR count). The van der Waals surface area contributed by atoms with Crippen molar-refractivity contribution in [2.75, 3.05) is 26.3 Å². The Hall–Kier alpha value is -1.51. The molecule has 0 amide bonds. The standard InChI is InChI=1S/C13H18N4O4/c1-8-12(16-4-6-20-7-5-16)17(19)10-3-2-9-11(13(8,10)18)15-21-14-9/h8,12,18H,2-7H2,1H3/p+1/t8-,12+,13-/m0/s1. The second-order valence-electron chi connectivity index (χ2n) is 6.10. The largest absolute Gasteiger partial charge is 0.619 e. The van der Waals surface area contributed by atoms with Crippen molar-refractivity contribution >= 4 is 5.71 Å². The first-order valence-corrected chi connectivity index (χ1v) is 7.43. The van der Waals surface area contributed by atoms with Gasteiger partial charge in [-0.25, -0.2) is 4.63 Å². The fourth-order valence-electron chi connectivity index (χ4n) is 4.03. The van der Waals surface area contributed by atoms with E-state index < -0.39 is 5.60 Å². The third-order valence-electron chi connectivity index (χ3n) is 5.16. The molecule has 21 heavy (non-hydrogen) atoms. The van der Waals surface area contributed by atoms with Gasteiger partial charge >= 0.3 is 0 Å². The van der Waals surface area contributed by atoms with Gasteiger partial charge in [-0.15, -0.1) is 0 Å². The number of aromatic nitrogens is 2. The van der Waals surface area contributed by atoms with E-state index >= 15 is 0 Å². The quantitative estimate of drug-likeness (QED) is 0.461. The van der Waals surface area contributed by atoms with Gasteiger partial charge in [-0.3, -0.25) is 4.90 Å². The van der Waals surface area contributed by atoms with Crippen molar-refractivity contribution in [1.82, 2.24) is 10.3 Å². The minimum Gasteiger partial charge on any atom is -0.619 e. The SMILES string of the molecule is C[C@H]1[C@H]([NH+]2CCOCC2)[N+]([O-])=C2CCc3nonc3[C@@]21O. The van der Waals surface area contributed by atoms with Crippen molar-refractivity contribution in [1.29, 1.82) is 0 Å². The summed E-state index contributed by atoms with van der Waals surface area (Å²) in [4.78, 5) is 1.16. The predicted octanol–water partition coefficient (Wildman–Crippen LogP) is -1.95. The molecular formula is C13H19N4O4+. The highest BCUT2D eigenvalue weighted by Gasteiger charge is 2.64. The van der Waals surface area contributed by atoms with Crippen LogP contribution in [0.2, 0.25) is 0 Å². The molecule has 0 aromatic carbocycles. The van der Waals surface area contributed by atoms with Crippen LogP contribution in [0, 0.1) is 11.1 Å². The van der Waals surface area contributed by atoms with E-state index in [9.17, 15) is 10.3 Å². The summed E-state index contributed by atoms with van der Waals surface area (Å²) in [6, 6.07) is 0. The van der Waals surface area contributed by atoms with Crippen LogP contribution >= 0.6 is 0 Å². The van der Waals surface area contributed by atoms with E-state index in [1.807, 2.05) is 6.92 Å². The summed E-state index contributed by atoms with van der Waals surface area (Å²) in [5.74, 6) is -0.260. The highest BCUT2D eigenvalue weighted by molar-refractivity contribution is 5.92. The number of morpholine rings is 1. The smallest absolute Gasteiger partial charge is 0.294 e.